The number of rotatable bonds is 5. The van der Waals surface area contributed by atoms with Gasteiger partial charge in [0.1, 0.15) is 11.6 Å². The lowest BCUT2D eigenvalue weighted by molar-refractivity contribution is 0.518. The summed E-state index contributed by atoms with van der Waals surface area (Å²) in [4.78, 5) is 8.38. The minimum Gasteiger partial charge on any atom is -0.370 e. The fourth-order valence-corrected chi connectivity index (χ4v) is 2.30. The number of nitrogens with zero attached hydrogens (tertiary/aromatic N) is 2. The Kier molecular flexibility index (Phi) is 4.10. The van der Waals surface area contributed by atoms with Crippen molar-refractivity contribution in [1.82, 2.24) is 9.97 Å². The molecule has 0 radical (unpaired) electrons. The number of aromatic nitrogens is 2. The van der Waals surface area contributed by atoms with Crippen molar-refractivity contribution < 1.29 is 0 Å². The van der Waals surface area contributed by atoms with Gasteiger partial charge in [-0.15, -0.1) is 0 Å². The fraction of sp³-hybridized carbons (Fsp3) is 0.667. The summed E-state index contributed by atoms with van der Waals surface area (Å²) in [6, 6.07) is 1.90. The zero-order valence-electron chi connectivity index (χ0n) is 9.65. The molecular weight excluding hydrogens is 200 g/mol. The van der Waals surface area contributed by atoms with Crippen LogP contribution in [-0.2, 0) is 6.54 Å². The molecule has 1 aliphatic carbocycles. The SMILES string of the molecule is NCc1nccc(NCCC2CCCC2)n1. The first-order chi connectivity index (χ1) is 7.88. The first-order valence-corrected chi connectivity index (χ1v) is 6.14. The van der Waals surface area contributed by atoms with Crippen LogP contribution in [0.5, 0.6) is 0 Å². The van der Waals surface area contributed by atoms with E-state index in [4.69, 9.17) is 5.73 Å². The molecule has 0 bridgehead atoms. The van der Waals surface area contributed by atoms with Crippen molar-refractivity contribution in [2.24, 2.45) is 11.7 Å². The molecule has 1 aromatic heterocycles. The number of hydrogen-bond acceptors (Lipinski definition) is 4. The summed E-state index contributed by atoms with van der Waals surface area (Å²) in [5, 5.41) is 3.34. The van der Waals surface area contributed by atoms with Gasteiger partial charge in [-0.1, -0.05) is 25.7 Å². The third kappa shape index (κ3) is 3.17. The van der Waals surface area contributed by atoms with Crippen LogP contribution >= 0.6 is 0 Å². The summed E-state index contributed by atoms with van der Waals surface area (Å²) in [5.74, 6) is 2.52. The highest BCUT2D eigenvalue weighted by atomic mass is 15.0. The Balaban J connectivity index is 1.75. The Morgan fingerprint density at radius 1 is 1.38 bits per heavy atom. The molecule has 0 aromatic carbocycles. The van der Waals surface area contributed by atoms with E-state index < -0.39 is 0 Å². The molecule has 0 amide bonds. The quantitative estimate of drug-likeness (QED) is 0.796. The Morgan fingerprint density at radius 2 is 2.19 bits per heavy atom. The average molecular weight is 220 g/mol. The van der Waals surface area contributed by atoms with E-state index in [1.807, 2.05) is 6.07 Å². The van der Waals surface area contributed by atoms with Gasteiger partial charge in [0.2, 0.25) is 0 Å². The van der Waals surface area contributed by atoms with Crippen molar-refractivity contribution in [3.63, 3.8) is 0 Å². The van der Waals surface area contributed by atoms with Crippen LogP contribution in [0.15, 0.2) is 12.3 Å². The van der Waals surface area contributed by atoms with Crippen LogP contribution in [-0.4, -0.2) is 16.5 Å². The van der Waals surface area contributed by atoms with Crippen molar-refractivity contribution in [2.75, 3.05) is 11.9 Å². The van der Waals surface area contributed by atoms with E-state index in [1.54, 1.807) is 6.20 Å². The van der Waals surface area contributed by atoms with E-state index in [0.717, 1.165) is 18.3 Å². The third-order valence-electron chi connectivity index (χ3n) is 3.22. The summed E-state index contributed by atoms with van der Waals surface area (Å²) >= 11 is 0. The lowest BCUT2D eigenvalue weighted by atomic mass is 10.0. The maximum absolute atomic E-state index is 5.49. The molecular formula is C12H20N4. The van der Waals surface area contributed by atoms with Crippen LogP contribution in [0, 0.1) is 5.92 Å². The van der Waals surface area contributed by atoms with Crippen LogP contribution < -0.4 is 11.1 Å². The van der Waals surface area contributed by atoms with E-state index in [1.165, 1.54) is 32.1 Å². The number of hydrogen-bond donors (Lipinski definition) is 2. The normalized spacial score (nSPS) is 16.6. The fourth-order valence-electron chi connectivity index (χ4n) is 2.30. The van der Waals surface area contributed by atoms with Crippen LogP contribution in [0.2, 0.25) is 0 Å². The molecule has 4 heteroatoms. The molecule has 0 atom stereocenters. The second kappa shape index (κ2) is 5.80. The molecule has 2 rings (SSSR count). The molecule has 16 heavy (non-hydrogen) atoms. The third-order valence-corrected chi connectivity index (χ3v) is 3.22. The monoisotopic (exact) mass is 220 g/mol. The smallest absolute Gasteiger partial charge is 0.144 e. The van der Waals surface area contributed by atoms with Crippen molar-refractivity contribution in [3.05, 3.63) is 18.1 Å². The Hall–Kier alpha value is -1.16. The van der Waals surface area contributed by atoms with E-state index in [0.29, 0.717) is 12.4 Å². The predicted molar refractivity (Wildman–Crippen MR) is 65.0 cm³/mol. The van der Waals surface area contributed by atoms with Gasteiger partial charge in [-0.25, -0.2) is 9.97 Å². The Morgan fingerprint density at radius 3 is 2.94 bits per heavy atom. The van der Waals surface area contributed by atoms with Gasteiger partial charge < -0.3 is 11.1 Å². The van der Waals surface area contributed by atoms with Crippen molar-refractivity contribution in [3.8, 4) is 0 Å². The molecule has 0 unspecified atom stereocenters. The van der Waals surface area contributed by atoms with Gasteiger partial charge in [0.25, 0.3) is 0 Å². The van der Waals surface area contributed by atoms with Crippen LogP contribution in [0.1, 0.15) is 37.9 Å². The van der Waals surface area contributed by atoms with Crippen LogP contribution in [0.25, 0.3) is 0 Å². The molecule has 0 spiro atoms. The highest BCUT2D eigenvalue weighted by Crippen LogP contribution is 2.27. The summed E-state index contributed by atoms with van der Waals surface area (Å²) in [5.41, 5.74) is 5.49. The van der Waals surface area contributed by atoms with E-state index in [-0.39, 0.29) is 0 Å². The molecule has 1 fully saturated rings. The van der Waals surface area contributed by atoms with E-state index >= 15 is 0 Å². The topological polar surface area (TPSA) is 63.8 Å². The van der Waals surface area contributed by atoms with Gasteiger partial charge in [-0.05, 0) is 18.4 Å². The van der Waals surface area contributed by atoms with Gasteiger partial charge in [0.15, 0.2) is 0 Å². The predicted octanol–water partition coefficient (Wildman–Crippen LogP) is 1.93. The second-order valence-electron chi connectivity index (χ2n) is 4.43. The molecule has 4 nitrogen and oxygen atoms in total. The number of nitrogens with one attached hydrogen (secondary N) is 1. The standard InChI is InChI=1S/C12H20N4/c13-9-12-15-8-6-11(16-12)14-7-5-10-3-1-2-4-10/h6,8,10H,1-5,7,9,13H2,(H,14,15,16). The van der Waals surface area contributed by atoms with Crippen LogP contribution in [0.3, 0.4) is 0 Å². The van der Waals surface area contributed by atoms with Crippen molar-refractivity contribution in [1.29, 1.82) is 0 Å². The molecule has 88 valence electrons. The number of anilines is 1. The summed E-state index contributed by atoms with van der Waals surface area (Å²) in [7, 11) is 0. The van der Waals surface area contributed by atoms with E-state index in [2.05, 4.69) is 15.3 Å². The van der Waals surface area contributed by atoms with Gasteiger partial charge in [-0.2, -0.15) is 0 Å². The molecule has 1 aromatic rings. The molecule has 0 aliphatic heterocycles. The Bertz CT molecular complexity index is 321. The van der Waals surface area contributed by atoms with Gasteiger partial charge >= 0.3 is 0 Å². The largest absolute Gasteiger partial charge is 0.370 e. The lowest BCUT2D eigenvalue weighted by Gasteiger charge is -2.10. The summed E-state index contributed by atoms with van der Waals surface area (Å²) in [6.07, 6.45) is 8.64. The van der Waals surface area contributed by atoms with Crippen molar-refractivity contribution in [2.45, 2.75) is 38.6 Å². The average Bonchev–Trinajstić information content (AvgIpc) is 2.82. The Labute approximate surface area is 96.7 Å². The first-order valence-electron chi connectivity index (χ1n) is 6.14. The maximum atomic E-state index is 5.49. The summed E-state index contributed by atoms with van der Waals surface area (Å²) < 4.78 is 0. The molecule has 0 saturated heterocycles. The summed E-state index contributed by atoms with van der Waals surface area (Å²) in [6.45, 7) is 1.41. The van der Waals surface area contributed by atoms with Gasteiger partial charge in [0, 0.05) is 12.7 Å². The highest BCUT2D eigenvalue weighted by molar-refractivity contribution is 5.32. The zero-order valence-corrected chi connectivity index (χ0v) is 9.65. The lowest BCUT2D eigenvalue weighted by Crippen LogP contribution is -2.10. The van der Waals surface area contributed by atoms with Crippen molar-refractivity contribution >= 4 is 5.82 Å². The first kappa shape index (κ1) is 11.3. The molecule has 1 aliphatic rings. The maximum Gasteiger partial charge on any atom is 0.144 e. The van der Waals surface area contributed by atoms with Crippen LogP contribution in [0.4, 0.5) is 5.82 Å². The minimum atomic E-state index is 0.401. The zero-order chi connectivity index (χ0) is 11.2. The number of nitrogens with two attached hydrogens (primary N) is 1. The molecule has 3 N–H and O–H groups in total. The highest BCUT2D eigenvalue weighted by Gasteiger charge is 2.13. The second-order valence-corrected chi connectivity index (χ2v) is 4.43. The molecule has 1 saturated carbocycles. The van der Waals surface area contributed by atoms with Gasteiger partial charge in [0.05, 0.1) is 6.54 Å². The molecule has 1 heterocycles. The minimum absolute atomic E-state index is 0.401. The van der Waals surface area contributed by atoms with E-state index in [9.17, 15) is 0 Å². The van der Waals surface area contributed by atoms with Gasteiger partial charge in [-0.3, -0.25) is 0 Å².